The standard InChI is InChI=1S/C35H31N5O6S2/c1-3-10-21-19-47-32-28(31(42)40(32)29(21)33(43)44)38-30(41)27(26-20-48-34(36)37-26)39-46-35(22-11-6-4-7-12-22,23-13-8-5-9-14-23)24-15-17-25(45-2)18-16-24/h3-18,20,28,32H,19H2,1-2H3,(H2,36,37)(H,38,41)(H,43,44)/b10-3-,39-27-/t28?,32-/m0/s1. The molecule has 2 atom stereocenters. The number of nitrogen functional groups attached to an aromatic ring is 1. The topological polar surface area (TPSA) is 156 Å². The third-order valence-electron chi connectivity index (χ3n) is 7.97. The molecule has 13 heteroatoms. The number of carboxylic acids is 1. The Bertz CT molecular complexity index is 1890. The number of thiazole rings is 1. The van der Waals surface area contributed by atoms with E-state index in [0.717, 1.165) is 22.5 Å². The Morgan fingerprint density at radius 3 is 2.21 bits per heavy atom. The maximum Gasteiger partial charge on any atom is 0.352 e. The number of aromatic nitrogens is 1. The summed E-state index contributed by atoms with van der Waals surface area (Å²) in [7, 11) is 1.58. The van der Waals surface area contributed by atoms with Gasteiger partial charge in [0, 0.05) is 27.8 Å². The fourth-order valence-electron chi connectivity index (χ4n) is 5.73. The van der Waals surface area contributed by atoms with Crippen LogP contribution in [0.4, 0.5) is 5.13 Å². The van der Waals surface area contributed by atoms with Crippen LogP contribution in [0.1, 0.15) is 29.3 Å². The Hall–Kier alpha value is -5.40. The quantitative estimate of drug-likeness (QED) is 0.0879. The number of hydrogen-bond donors (Lipinski definition) is 3. The van der Waals surface area contributed by atoms with Crippen LogP contribution in [0, 0.1) is 0 Å². The van der Waals surface area contributed by atoms with E-state index >= 15 is 0 Å². The van der Waals surface area contributed by atoms with Crippen LogP contribution in [0.2, 0.25) is 0 Å². The lowest BCUT2D eigenvalue weighted by Gasteiger charge is -2.49. The van der Waals surface area contributed by atoms with Crippen LogP contribution < -0.4 is 15.8 Å². The molecule has 2 aliphatic rings. The van der Waals surface area contributed by atoms with E-state index < -0.39 is 34.8 Å². The third kappa shape index (κ3) is 5.93. The second-order valence-corrected chi connectivity index (χ2v) is 12.8. The predicted octanol–water partition coefficient (Wildman–Crippen LogP) is 4.76. The lowest BCUT2D eigenvalue weighted by Crippen LogP contribution is -2.71. The Kier molecular flexibility index (Phi) is 9.33. The highest BCUT2D eigenvalue weighted by atomic mass is 32.2. The van der Waals surface area contributed by atoms with Gasteiger partial charge >= 0.3 is 5.97 Å². The van der Waals surface area contributed by atoms with Gasteiger partial charge in [-0.15, -0.1) is 23.1 Å². The van der Waals surface area contributed by atoms with Crippen LogP contribution in [0.3, 0.4) is 0 Å². The fraction of sp³-hybridized carbons (Fsp3) is 0.171. The van der Waals surface area contributed by atoms with Gasteiger partial charge < -0.3 is 25.7 Å². The number of amides is 2. The average molecular weight is 682 g/mol. The molecule has 3 heterocycles. The highest BCUT2D eigenvalue weighted by molar-refractivity contribution is 8.00. The molecule has 6 rings (SSSR count). The Labute approximate surface area is 284 Å². The maximum absolute atomic E-state index is 14.0. The molecule has 4 aromatic rings. The summed E-state index contributed by atoms with van der Waals surface area (Å²) in [4.78, 5) is 51.6. The Morgan fingerprint density at radius 1 is 1.04 bits per heavy atom. The fourth-order valence-corrected chi connectivity index (χ4v) is 7.59. The number of carbonyl (C=O) groups is 3. The molecule has 0 radical (unpaired) electrons. The number of ether oxygens (including phenoxy) is 1. The monoisotopic (exact) mass is 681 g/mol. The second kappa shape index (κ2) is 13.8. The molecule has 3 aromatic carbocycles. The minimum atomic E-state index is -1.34. The molecular formula is C35H31N5O6S2. The van der Waals surface area contributed by atoms with E-state index in [2.05, 4.69) is 15.5 Å². The first-order chi connectivity index (χ1) is 23.3. The van der Waals surface area contributed by atoms with Crippen molar-refractivity contribution in [1.29, 1.82) is 0 Å². The number of methoxy groups -OCH3 is 1. The number of benzene rings is 3. The molecule has 0 aliphatic carbocycles. The van der Waals surface area contributed by atoms with E-state index in [1.54, 1.807) is 31.6 Å². The predicted molar refractivity (Wildman–Crippen MR) is 184 cm³/mol. The van der Waals surface area contributed by atoms with Crippen molar-refractivity contribution >= 4 is 51.7 Å². The van der Waals surface area contributed by atoms with Crippen molar-refractivity contribution in [2.24, 2.45) is 5.16 Å². The lowest BCUT2D eigenvalue weighted by molar-refractivity contribution is -0.150. The minimum absolute atomic E-state index is 0.0909. The molecule has 4 N–H and O–H groups in total. The van der Waals surface area contributed by atoms with Crippen molar-refractivity contribution in [2.75, 3.05) is 18.6 Å². The van der Waals surface area contributed by atoms with Crippen molar-refractivity contribution in [3.63, 3.8) is 0 Å². The zero-order valence-electron chi connectivity index (χ0n) is 25.9. The van der Waals surface area contributed by atoms with Gasteiger partial charge in [-0.3, -0.25) is 14.5 Å². The average Bonchev–Trinajstić information content (AvgIpc) is 3.55. The molecule has 1 aromatic heterocycles. The van der Waals surface area contributed by atoms with Crippen molar-refractivity contribution in [2.45, 2.75) is 23.9 Å². The Morgan fingerprint density at radius 2 is 1.67 bits per heavy atom. The van der Waals surface area contributed by atoms with Gasteiger partial charge in [-0.05, 0) is 24.6 Å². The maximum atomic E-state index is 14.0. The first-order valence-electron chi connectivity index (χ1n) is 14.9. The molecule has 0 bridgehead atoms. The van der Waals surface area contributed by atoms with Crippen molar-refractivity contribution < 1.29 is 29.1 Å². The molecule has 2 aliphatic heterocycles. The van der Waals surface area contributed by atoms with Gasteiger partial charge in [0.2, 0.25) is 5.60 Å². The van der Waals surface area contributed by atoms with Crippen LogP contribution in [0.15, 0.2) is 119 Å². The second-order valence-electron chi connectivity index (χ2n) is 10.8. The van der Waals surface area contributed by atoms with Crippen molar-refractivity contribution in [3.8, 4) is 5.75 Å². The molecule has 0 spiro atoms. The molecule has 1 unspecified atom stereocenters. The number of carbonyl (C=O) groups excluding carboxylic acids is 2. The molecule has 0 saturated carbocycles. The number of nitrogens with two attached hydrogens (primary N) is 1. The van der Waals surface area contributed by atoms with Gasteiger partial charge in [0.05, 0.1) is 7.11 Å². The zero-order valence-corrected chi connectivity index (χ0v) is 27.5. The number of hydrogen-bond acceptors (Lipinski definition) is 10. The van der Waals surface area contributed by atoms with Crippen LogP contribution in [-0.4, -0.2) is 62.8 Å². The first kappa shape index (κ1) is 32.5. The number of anilines is 1. The first-order valence-corrected chi connectivity index (χ1v) is 16.8. The number of rotatable bonds is 11. The number of fused-ring (bicyclic) bond motifs is 1. The third-order valence-corrected chi connectivity index (χ3v) is 9.94. The highest BCUT2D eigenvalue weighted by Crippen LogP contribution is 2.42. The molecule has 2 amide bonds. The van der Waals surface area contributed by atoms with Crippen LogP contribution >= 0.6 is 23.1 Å². The number of thioether (sulfide) groups is 1. The largest absolute Gasteiger partial charge is 0.497 e. The lowest BCUT2D eigenvalue weighted by atomic mass is 9.80. The number of carboxylic acid groups (broad SMARTS) is 1. The zero-order chi connectivity index (χ0) is 33.8. The molecule has 244 valence electrons. The van der Waals surface area contributed by atoms with Gasteiger partial charge in [-0.2, -0.15) is 0 Å². The van der Waals surface area contributed by atoms with E-state index in [1.165, 1.54) is 16.7 Å². The molecular weight excluding hydrogens is 651 g/mol. The summed E-state index contributed by atoms with van der Waals surface area (Å²) in [6.07, 6.45) is 3.40. The molecule has 1 saturated heterocycles. The van der Waals surface area contributed by atoms with Crippen molar-refractivity contribution in [1.82, 2.24) is 15.2 Å². The Balaban J connectivity index is 1.41. The number of aliphatic carboxylic acids is 1. The van der Waals surface area contributed by atoms with Gasteiger partial charge in [0.25, 0.3) is 11.8 Å². The summed E-state index contributed by atoms with van der Waals surface area (Å²) in [5.74, 6) is -1.48. The van der Waals surface area contributed by atoms with E-state index in [1.807, 2.05) is 84.9 Å². The summed E-state index contributed by atoms with van der Waals surface area (Å²) < 4.78 is 5.41. The van der Waals surface area contributed by atoms with E-state index in [9.17, 15) is 19.5 Å². The van der Waals surface area contributed by atoms with E-state index in [-0.39, 0.29) is 22.2 Å². The number of β-lactam (4-membered cyclic amide) rings is 1. The highest BCUT2D eigenvalue weighted by Gasteiger charge is 2.54. The minimum Gasteiger partial charge on any atom is -0.497 e. The molecule has 11 nitrogen and oxygen atoms in total. The normalized spacial score (nSPS) is 17.9. The molecule has 48 heavy (non-hydrogen) atoms. The SMILES string of the molecule is C/C=C\C1=C(C(=O)O)N2C(=O)C(NC(=O)/C(=N\OC(c3ccccc3)(c3ccccc3)c3ccc(OC)cc3)c3csc(N)n3)[C@@H]2SC1. The van der Waals surface area contributed by atoms with Crippen LogP contribution in [-0.2, 0) is 24.8 Å². The summed E-state index contributed by atoms with van der Waals surface area (Å²) in [5, 5.41) is 18.3. The smallest absolute Gasteiger partial charge is 0.352 e. The summed E-state index contributed by atoms with van der Waals surface area (Å²) in [6.45, 7) is 1.78. The molecule has 1 fully saturated rings. The van der Waals surface area contributed by atoms with Gasteiger partial charge in [-0.25, -0.2) is 9.78 Å². The number of oxime groups is 1. The van der Waals surface area contributed by atoms with Gasteiger partial charge in [0.1, 0.15) is 28.6 Å². The van der Waals surface area contributed by atoms with Crippen molar-refractivity contribution in [3.05, 3.63) is 136 Å². The summed E-state index contributed by atoms with van der Waals surface area (Å²) >= 11 is 2.48. The number of nitrogens with zero attached hydrogens (tertiary/aromatic N) is 3. The number of allylic oxidation sites excluding steroid dienone is 2. The van der Waals surface area contributed by atoms with Gasteiger partial charge in [0.15, 0.2) is 10.8 Å². The van der Waals surface area contributed by atoms with Gasteiger partial charge in [-0.1, -0.05) is 90.1 Å². The number of nitrogens with one attached hydrogen (secondary N) is 1. The van der Waals surface area contributed by atoms with E-state index in [0.29, 0.717) is 22.6 Å². The summed E-state index contributed by atoms with van der Waals surface area (Å²) in [5.41, 5.74) is 7.18. The summed E-state index contributed by atoms with van der Waals surface area (Å²) in [6, 6.07) is 25.3. The van der Waals surface area contributed by atoms with E-state index in [4.69, 9.17) is 15.3 Å². The van der Waals surface area contributed by atoms with Crippen LogP contribution in [0.5, 0.6) is 5.75 Å². The van der Waals surface area contributed by atoms with Crippen LogP contribution in [0.25, 0.3) is 0 Å².